The number of aliphatic hydroxyl groups is 2. The monoisotopic (exact) mass is 232 g/mol. The lowest BCUT2D eigenvalue weighted by Crippen LogP contribution is -2.62. The number of β-amino-alcohol motifs (C(OH)–C–C–N with tert-alkyl or cyclic N) is 2. The zero-order valence-electron chi connectivity index (χ0n) is 8.96. The first-order valence-electron chi connectivity index (χ1n) is 4.97. The Morgan fingerprint density at radius 1 is 1.31 bits per heavy atom. The van der Waals surface area contributed by atoms with Gasteiger partial charge in [0.15, 0.2) is 0 Å². The van der Waals surface area contributed by atoms with Gasteiger partial charge in [0.2, 0.25) is 5.91 Å². The number of likely N-dealkylation sites (tertiary alicyclic amines) is 1. The van der Waals surface area contributed by atoms with Gasteiger partial charge in [-0.3, -0.25) is 14.5 Å². The molecule has 7 nitrogen and oxygen atoms in total. The molecule has 1 unspecified atom stereocenters. The van der Waals surface area contributed by atoms with Gasteiger partial charge < -0.3 is 20.6 Å². The van der Waals surface area contributed by atoms with Gasteiger partial charge in [-0.05, 0) is 0 Å². The summed E-state index contributed by atoms with van der Waals surface area (Å²) in [4.78, 5) is 22.7. The molecule has 1 amide bonds. The predicted molar refractivity (Wildman–Crippen MR) is 53.7 cm³/mol. The van der Waals surface area contributed by atoms with Gasteiger partial charge in [-0.2, -0.15) is 0 Å². The van der Waals surface area contributed by atoms with Gasteiger partial charge in [0.25, 0.3) is 0 Å². The minimum Gasteiger partial charge on any atom is -0.480 e. The maximum Gasteiger partial charge on any atom is 0.317 e. The number of piperidine rings is 1. The molecule has 4 N–H and O–H groups in total. The van der Waals surface area contributed by atoms with Crippen molar-refractivity contribution in [3.63, 3.8) is 0 Å². The first kappa shape index (κ1) is 12.9. The number of hydrogen-bond donors (Lipinski definition) is 4. The number of rotatable bonds is 3. The van der Waals surface area contributed by atoms with Gasteiger partial charge in [0.1, 0.15) is 0 Å². The van der Waals surface area contributed by atoms with Gasteiger partial charge >= 0.3 is 5.97 Å². The van der Waals surface area contributed by atoms with E-state index in [2.05, 4.69) is 5.32 Å². The van der Waals surface area contributed by atoms with Gasteiger partial charge in [-0.1, -0.05) is 0 Å². The highest BCUT2D eigenvalue weighted by Crippen LogP contribution is 2.11. The third kappa shape index (κ3) is 3.44. The molecule has 92 valence electrons. The predicted octanol–water partition coefficient (Wildman–Crippen LogP) is -2.39. The van der Waals surface area contributed by atoms with Crippen molar-refractivity contribution in [3.8, 4) is 0 Å². The number of aliphatic carboxylic acids is 1. The second-order valence-electron chi connectivity index (χ2n) is 3.95. The van der Waals surface area contributed by atoms with Crippen LogP contribution in [-0.2, 0) is 9.59 Å². The Hall–Kier alpha value is -1.18. The Labute approximate surface area is 92.7 Å². The van der Waals surface area contributed by atoms with E-state index in [1.807, 2.05) is 0 Å². The number of nitrogens with one attached hydrogen (secondary N) is 1. The first-order valence-corrected chi connectivity index (χ1v) is 4.97. The van der Waals surface area contributed by atoms with Crippen LogP contribution in [0, 0.1) is 0 Å². The number of amides is 1. The maximum atomic E-state index is 10.8. The normalized spacial score (nSPS) is 31.1. The fourth-order valence-electron chi connectivity index (χ4n) is 1.83. The third-order valence-corrected chi connectivity index (χ3v) is 2.45. The molecule has 1 heterocycles. The zero-order chi connectivity index (χ0) is 12.3. The van der Waals surface area contributed by atoms with Gasteiger partial charge in [0, 0.05) is 20.0 Å². The van der Waals surface area contributed by atoms with E-state index in [1.165, 1.54) is 11.8 Å². The summed E-state index contributed by atoms with van der Waals surface area (Å²) in [5, 5.41) is 30.3. The fraction of sp³-hybridized carbons (Fsp3) is 0.778. The molecule has 0 aliphatic carbocycles. The number of carbonyl (C=O) groups excluding carboxylic acids is 1. The summed E-state index contributed by atoms with van der Waals surface area (Å²) in [6, 6.07) is -0.734. The number of nitrogens with zero attached hydrogens (tertiary/aromatic N) is 1. The van der Waals surface area contributed by atoms with Crippen molar-refractivity contribution in [2.75, 3.05) is 19.6 Å². The zero-order valence-corrected chi connectivity index (χ0v) is 8.96. The molecule has 1 fully saturated rings. The molecule has 0 aromatic rings. The van der Waals surface area contributed by atoms with Crippen LogP contribution in [-0.4, -0.2) is 70.0 Å². The summed E-state index contributed by atoms with van der Waals surface area (Å²) in [5.74, 6) is -1.35. The molecule has 0 aromatic carbocycles. The second kappa shape index (κ2) is 5.24. The summed E-state index contributed by atoms with van der Waals surface area (Å²) in [7, 11) is 0. The van der Waals surface area contributed by atoms with Gasteiger partial charge in [-0.25, -0.2) is 0 Å². The number of hydrogen-bond acceptors (Lipinski definition) is 5. The van der Waals surface area contributed by atoms with Gasteiger partial charge in [0.05, 0.1) is 24.8 Å². The Balaban J connectivity index is 2.56. The van der Waals surface area contributed by atoms with Crippen LogP contribution < -0.4 is 5.32 Å². The van der Waals surface area contributed by atoms with Crippen LogP contribution >= 0.6 is 0 Å². The number of carboxylic acids is 1. The summed E-state index contributed by atoms with van der Waals surface area (Å²) in [6.45, 7) is 1.30. The number of carbonyl (C=O) groups is 2. The van der Waals surface area contributed by atoms with Crippen molar-refractivity contribution in [3.05, 3.63) is 0 Å². The van der Waals surface area contributed by atoms with Crippen LogP contribution in [0.15, 0.2) is 0 Å². The van der Waals surface area contributed by atoms with Gasteiger partial charge in [-0.15, -0.1) is 0 Å². The average molecular weight is 232 g/mol. The molecular formula is C9H16N2O5. The minimum absolute atomic E-state index is 0.119. The summed E-state index contributed by atoms with van der Waals surface area (Å²) < 4.78 is 0. The average Bonchev–Trinajstić information content (AvgIpc) is 2.10. The molecule has 16 heavy (non-hydrogen) atoms. The number of carboxylic acid groups (broad SMARTS) is 1. The van der Waals surface area contributed by atoms with E-state index >= 15 is 0 Å². The fourth-order valence-corrected chi connectivity index (χ4v) is 1.83. The van der Waals surface area contributed by atoms with Crippen molar-refractivity contribution < 1.29 is 24.9 Å². The largest absolute Gasteiger partial charge is 0.480 e. The van der Waals surface area contributed by atoms with Crippen LogP contribution in [0.4, 0.5) is 0 Å². The lowest BCUT2D eigenvalue weighted by Gasteiger charge is -2.38. The summed E-state index contributed by atoms with van der Waals surface area (Å²) in [6.07, 6.45) is -1.93. The highest BCUT2D eigenvalue weighted by Gasteiger charge is 2.35. The molecule has 0 bridgehead atoms. The minimum atomic E-state index is -1.02. The van der Waals surface area contributed by atoms with Crippen LogP contribution in [0.1, 0.15) is 6.92 Å². The highest BCUT2D eigenvalue weighted by molar-refractivity contribution is 5.73. The summed E-state index contributed by atoms with van der Waals surface area (Å²) in [5.41, 5.74) is 0. The Kier molecular flexibility index (Phi) is 4.22. The van der Waals surface area contributed by atoms with Crippen LogP contribution in [0.2, 0.25) is 0 Å². The molecule has 7 heteroatoms. The van der Waals surface area contributed by atoms with E-state index in [1.54, 1.807) is 0 Å². The molecule has 3 atom stereocenters. The number of aliphatic hydroxyl groups excluding tert-OH is 2. The second-order valence-corrected chi connectivity index (χ2v) is 3.95. The molecule has 1 aliphatic heterocycles. The van der Waals surface area contributed by atoms with E-state index < -0.39 is 24.2 Å². The van der Waals surface area contributed by atoms with E-state index in [-0.39, 0.29) is 25.5 Å². The molecular weight excluding hydrogens is 216 g/mol. The van der Waals surface area contributed by atoms with Crippen LogP contribution in [0.5, 0.6) is 0 Å². The Bertz CT molecular complexity index is 271. The van der Waals surface area contributed by atoms with Crippen molar-refractivity contribution in [1.29, 1.82) is 0 Å². The molecule has 1 saturated heterocycles. The standard InChI is InChI=1S/C9H16N2O5/c1-5(12)10-9-6(13)2-11(3-7(9)14)4-8(15)16/h6-7,9,13-14H,2-4H2,1H3,(H,10,12)(H,15,16)/t6-,7+,9?. The molecule has 0 spiro atoms. The van der Waals surface area contributed by atoms with Crippen molar-refractivity contribution in [1.82, 2.24) is 10.2 Å². The van der Waals surface area contributed by atoms with E-state index in [9.17, 15) is 19.8 Å². The van der Waals surface area contributed by atoms with Crippen molar-refractivity contribution in [2.45, 2.75) is 25.2 Å². The topological polar surface area (TPSA) is 110 Å². The van der Waals surface area contributed by atoms with Crippen molar-refractivity contribution in [2.24, 2.45) is 0 Å². The third-order valence-electron chi connectivity index (χ3n) is 2.45. The molecule has 0 radical (unpaired) electrons. The maximum absolute atomic E-state index is 10.8. The lowest BCUT2D eigenvalue weighted by atomic mass is 9.99. The molecule has 1 aliphatic rings. The van der Waals surface area contributed by atoms with E-state index in [0.29, 0.717) is 0 Å². The van der Waals surface area contributed by atoms with E-state index in [0.717, 1.165) is 0 Å². The molecule has 0 aromatic heterocycles. The molecule has 1 rings (SSSR count). The summed E-state index contributed by atoms with van der Waals surface area (Å²) >= 11 is 0. The van der Waals surface area contributed by atoms with Crippen LogP contribution in [0.3, 0.4) is 0 Å². The lowest BCUT2D eigenvalue weighted by molar-refractivity contribution is -0.141. The molecule has 0 saturated carbocycles. The SMILES string of the molecule is CC(=O)NC1[C@H](O)CN(CC(=O)O)C[C@@H]1O. The van der Waals surface area contributed by atoms with E-state index in [4.69, 9.17) is 5.11 Å². The van der Waals surface area contributed by atoms with Crippen molar-refractivity contribution >= 4 is 11.9 Å². The van der Waals surface area contributed by atoms with Crippen LogP contribution in [0.25, 0.3) is 0 Å². The Morgan fingerprint density at radius 2 is 1.81 bits per heavy atom. The quantitative estimate of drug-likeness (QED) is 0.432. The smallest absolute Gasteiger partial charge is 0.317 e. The highest BCUT2D eigenvalue weighted by atomic mass is 16.4. The Morgan fingerprint density at radius 3 is 2.19 bits per heavy atom. The first-order chi connectivity index (χ1) is 7.40.